The van der Waals surface area contributed by atoms with E-state index in [0.717, 1.165) is 65.3 Å². The molecule has 8 nitrogen and oxygen atoms in total. The summed E-state index contributed by atoms with van der Waals surface area (Å²) in [6.45, 7) is 12.0. The van der Waals surface area contributed by atoms with Crippen molar-refractivity contribution in [3.05, 3.63) is 50.7 Å². The van der Waals surface area contributed by atoms with Crippen LogP contribution in [-0.4, -0.2) is 41.3 Å². The minimum Gasteiger partial charge on any atom is -0.485 e. The fraction of sp³-hybridized carbons (Fsp3) is 0.375. The molecule has 10 heteroatoms. The summed E-state index contributed by atoms with van der Waals surface area (Å²) < 4.78 is 27.2. The molecule has 2 aromatic carbocycles. The van der Waals surface area contributed by atoms with Gasteiger partial charge in [-0.25, -0.2) is 4.79 Å². The van der Waals surface area contributed by atoms with Gasteiger partial charge in [-0.3, -0.25) is 4.79 Å². The predicted octanol–water partition coefficient (Wildman–Crippen LogP) is 6.95. The highest BCUT2D eigenvalue weighted by molar-refractivity contribution is 7.18. The minimum absolute atomic E-state index is 0.0121. The van der Waals surface area contributed by atoms with Gasteiger partial charge in [-0.05, 0) is 41.4 Å². The van der Waals surface area contributed by atoms with Crippen molar-refractivity contribution in [1.82, 2.24) is 8.75 Å². The summed E-state index contributed by atoms with van der Waals surface area (Å²) in [4.78, 5) is 29.2. The quantitative estimate of drug-likeness (QED) is 0.163. The van der Waals surface area contributed by atoms with E-state index in [9.17, 15) is 9.59 Å². The first-order valence-corrected chi connectivity index (χ1v) is 15.8. The van der Waals surface area contributed by atoms with Crippen LogP contribution in [-0.2, 0) is 10.8 Å². The molecule has 214 valence electrons. The first-order chi connectivity index (χ1) is 20.2. The third-order valence-electron chi connectivity index (χ3n) is 9.21. The molecule has 0 saturated carbocycles. The summed E-state index contributed by atoms with van der Waals surface area (Å²) in [5.41, 5.74) is 7.06. The Bertz CT molecular complexity index is 2020. The molecule has 3 aromatic heterocycles. The number of aromatic nitrogens is 2. The lowest BCUT2D eigenvalue weighted by Gasteiger charge is -2.48. The number of anilines is 1. The summed E-state index contributed by atoms with van der Waals surface area (Å²) in [5.74, 6) is 1.03. The number of carbonyl (C=O) groups excluding carboxylic acids is 1. The van der Waals surface area contributed by atoms with Gasteiger partial charge in [0.2, 0.25) is 0 Å². The van der Waals surface area contributed by atoms with Crippen molar-refractivity contribution in [1.29, 1.82) is 0 Å². The molecule has 8 rings (SSSR count). The topological polar surface area (TPSA) is 94.8 Å². The number of ether oxygens (including phenoxy) is 2. The summed E-state index contributed by atoms with van der Waals surface area (Å²) in [6.07, 6.45) is 2.87. The van der Waals surface area contributed by atoms with Gasteiger partial charge in [0.15, 0.2) is 17.8 Å². The average molecular weight is 600 g/mol. The van der Waals surface area contributed by atoms with Gasteiger partial charge < -0.3 is 18.8 Å². The molecule has 3 aliphatic rings. The van der Waals surface area contributed by atoms with Crippen LogP contribution in [0.25, 0.3) is 43.6 Å². The zero-order valence-electron chi connectivity index (χ0n) is 23.8. The predicted molar refractivity (Wildman–Crippen MR) is 166 cm³/mol. The Morgan fingerprint density at radius 1 is 0.905 bits per heavy atom. The first kappa shape index (κ1) is 25.9. The van der Waals surface area contributed by atoms with E-state index in [1.807, 2.05) is 18.2 Å². The van der Waals surface area contributed by atoms with Gasteiger partial charge in [0.05, 0.1) is 22.2 Å². The molecule has 0 atom stereocenters. The number of fused-ring (bicyclic) bond motifs is 4. The van der Waals surface area contributed by atoms with Gasteiger partial charge in [0, 0.05) is 40.9 Å². The van der Waals surface area contributed by atoms with Crippen LogP contribution in [0.15, 0.2) is 33.5 Å². The Balaban J connectivity index is 1.35. The lowest BCUT2D eigenvalue weighted by atomic mass is 9.69. The molecule has 0 spiro atoms. The monoisotopic (exact) mass is 599 g/mol. The molecule has 3 aliphatic heterocycles. The molecule has 0 saturated heterocycles. The number of benzene rings is 2. The summed E-state index contributed by atoms with van der Waals surface area (Å²) in [6, 6.07) is 8.02. The fourth-order valence-electron chi connectivity index (χ4n) is 6.83. The van der Waals surface area contributed by atoms with Crippen molar-refractivity contribution >= 4 is 57.0 Å². The SMILES string of the molecule is CC1(C)CCN2CCC(C)(C)c3c2c1cc1cc(-c2ccc(-c4sc(C=O)c5c4OCCO5)c4nsnc24)c(=O)oc31. The van der Waals surface area contributed by atoms with Crippen molar-refractivity contribution in [2.24, 2.45) is 0 Å². The van der Waals surface area contributed by atoms with Crippen LogP contribution in [0.5, 0.6) is 11.5 Å². The van der Waals surface area contributed by atoms with Crippen molar-refractivity contribution in [2.75, 3.05) is 31.2 Å². The zero-order valence-corrected chi connectivity index (χ0v) is 25.5. The molecule has 5 aromatic rings. The van der Waals surface area contributed by atoms with E-state index in [1.165, 1.54) is 22.6 Å². The van der Waals surface area contributed by atoms with Gasteiger partial charge in [-0.1, -0.05) is 39.8 Å². The Morgan fingerprint density at radius 3 is 2.36 bits per heavy atom. The lowest BCUT2D eigenvalue weighted by Crippen LogP contribution is -2.44. The smallest absolute Gasteiger partial charge is 0.344 e. The number of nitrogens with zero attached hydrogens (tertiary/aromatic N) is 3. The van der Waals surface area contributed by atoms with Crippen LogP contribution in [0, 0.1) is 0 Å². The second kappa shape index (κ2) is 8.87. The number of hydrogen-bond donors (Lipinski definition) is 0. The molecular weight excluding hydrogens is 571 g/mol. The second-order valence-electron chi connectivity index (χ2n) is 12.7. The number of thiophene rings is 1. The zero-order chi connectivity index (χ0) is 29.0. The third-order valence-corrected chi connectivity index (χ3v) is 10.9. The molecule has 0 unspecified atom stereocenters. The molecule has 0 fully saturated rings. The first-order valence-electron chi connectivity index (χ1n) is 14.2. The molecule has 0 amide bonds. The number of rotatable bonds is 3. The van der Waals surface area contributed by atoms with E-state index in [4.69, 9.17) is 13.9 Å². The largest absolute Gasteiger partial charge is 0.485 e. The number of hydrogen-bond acceptors (Lipinski definition) is 10. The van der Waals surface area contributed by atoms with Crippen LogP contribution in [0.4, 0.5) is 5.69 Å². The lowest BCUT2D eigenvalue weighted by molar-refractivity contribution is 0.111. The van der Waals surface area contributed by atoms with E-state index in [0.29, 0.717) is 57.3 Å². The van der Waals surface area contributed by atoms with Crippen LogP contribution in [0.2, 0.25) is 0 Å². The third kappa shape index (κ3) is 3.57. The van der Waals surface area contributed by atoms with Gasteiger partial charge in [0.25, 0.3) is 0 Å². The van der Waals surface area contributed by atoms with E-state index in [-0.39, 0.29) is 10.8 Å². The van der Waals surface area contributed by atoms with E-state index >= 15 is 0 Å². The van der Waals surface area contributed by atoms with Crippen LogP contribution in [0.1, 0.15) is 61.3 Å². The fourth-order valence-corrected chi connectivity index (χ4v) is 8.44. The van der Waals surface area contributed by atoms with Gasteiger partial charge in [-0.2, -0.15) is 8.75 Å². The van der Waals surface area contributed by atoms with Crippen LogP contribution >= 0.6 is 23.1 Å². The maximum absolute atomic E-state index is 13.8. The summed E-state index contributed by atoms with van der Waals surface area (Å²) in [5, 5.41) is 0.928. The standard InChI is InChI=1S/C32H29N3O5S2/c1-31(2)7-9-35-10-8-32(3,4)22-25(35)20(31)14-16-13-19(30(37)40-26(16)22)17-5-6-18(24-23(17)33-42-34-24)29-28-27(21(15-36)41-29)38-11-12-39-28/h5-6,13-15H,7-12H2,1-4H3. The minimum atomic E-state index is -0.391. The molecule has 42 heavy (non-hydrogen) atoms. The number of aldehydes is 1. The van der Waals surface area contributed by atoms with Gasteiger partial charge in [0.1, 0.15) is 34.7 Å². The van der Waals surface area contributed by atoms with Crippen LogP contribution in [0.3, 0.4) is 0 Å². The molecule has 0 aliphatic carbocycles. The second-order valence-corrected chi connectivity index (χ2v) is 14.2. The highest BCUT2D eigenvalue weighted by Gasteiger charge is 2.42. The molecule has 0 bridgehead atoms. The maximum Gasteiger partial charge on any atom is 0.344 e. The van der Waals surface area contributed by atoms with E-state index in [2.05, 4.69) is 47.4 Å². The maximum atomic E-state index is 13.8. The number of carbonyl (C=O) groups is 1. The summed E-state index contributed by atoms with van der Waals surface area (Å²) >= 11 is 2.40. The van der Waals surface area contributed by atoms with Crippen molar-refractivity contribution in [2.45, 2.75) is 51.4 Å². The molecule has 0 radical (unpaired) electrons. The molecular formula is C32H29N3O5S2. The molecule has 0 N–H and O–H groups in total. The van der Waals surface area contributed by atoms with E-state index in [1.54, 1.807) is 0 Å². The van der Waals surface area contributed by atoms with Gasteiger partial charge in [-0.15, -0.1) is 11.3 Å². The van der Waals surface area contributed by atoms with Crippen molar-refractivity contribution in [3.8, 4) is 33.1 Å². The van der Waals surface area contributed by atoms with Crippen molar-refractivity contribution < 1.29 is 18.7 Å². The average Bonchev–Trinajstić information content (AvgIpc) is 3.61. The Labute approximate surface area is 250 Å². The summed E-state index contributed by atoms with van der Waals surface area (Å²) in [7, 11) is 0. The molecule has 6 heterocycles. The highest BCUT2D eigenvalue weighted by Crippen LogP contribution is 2.53. The normalized spacial score (nSPS) is 18.3. The van der Waals surface area contributed by atoms with E-state index < -0.39 is 5.63 Å². The Hall–Kier alpha value is -3.76. The highest BCUT2D eigenvalue weighted by atomic mass is 32.1. The Morgan fingerprint density at radius 2 is 1.60 bits per heavy atom. The van der Waals surface area contributed by atoms with Crippen molar-refractivity contribution in [3.63, 3.8) is 0 Å². The van der Waals surface area contributed by atoms with Crippen LogP contribution < -0.4 is 20.0 Å². The Kier molecular flexibility index (Phi) is 5.47. The van der Waals surface area contributed by atoms with Gasteiger partial charge >= 0.3 is 5.63 Å².